The van der Waals surface area contributed by atoms with E-state index in [2.05, 4.69) is 64.8 Å². The summed E-state index contributed by atoms with van der Waals surface area (Å²) < 4.78 is 1.92. The molecule has 6 nitrogen and oxygen atoms in total. The third-order valence-electron chi connectivity index (χ3n) is 6.81. The molecule has 0 bridgehead atoms. The number of fused-ring (bicyclic) bond motifs is 1. The Balaban J connectivity index is 1.56. The molecule has 3 N–H and O–H groups in total. The van der Waals surface area contributed by atoms with Crippen molar-refractivity contribution in [3.8, 4) is 33.8 Å². The Kier molecular flexibility index (Phi) is 4.45. The van der Waals surface area contributed by atoms with Gasteiger partial charge in [0.1, 0.15) is 5.69 Å². The lowest BCUT2D eigenvalue weighted by Gasteiger charge is -2.38. The first-order chi connectivity index (χ1) is 16.0. The number of benzene rings is 2. The molecule has 1 aliphatic carbocycles. The predicted molar refractivity (Wildman–Crippen MR) is 131 cm³/mol. The first kappa shape index (κ1) is 19.9. The number of rotatable bonds is 4. The number of aryl methyl sites for hydroxylation is 2. The average molecular weight is 435 g/mol. The number of aromatic nitrogens is 5. The van der Waals surface area contributed by atoms with Gasteiger partial charge in [-0.3, -0.25) is 5.10 Å². The van der Waals surface area contributed by atoms with Gasteiger partial charge in [-0.2, -0.15) is 10.2 Å². The molecular weight excluding hydrogens is 408 g/mol. The zero-order valence-corrected chi connectivity index (χ0v) is 18.8. The van der Waals surface area contributed by atoms with Crippen LogP contribution in [0, 0.1) is 13.8 Å². The molecule has 0 unspecified atom stereocenters. The smallest absolute Gasteiger partial charge is 0.155 e. The maximum absolute atomic E-state index is 6.56. The van der Waals surface area contributed by atoms with E-state index in [-0.39, 0.29) is 5.54 Å². The van der Waals surface area contributed by atoms with Crippen molar-refractivity contribution >= 4 is 5.65 Å². The zero-order valence-electron chi connectivity index (χ0n) is 18.8. The van der Waals surface area contributed by atoms with E-state index in [9.17, 15) is 0 Å². The van der Waals surface area contributed by atoms with E-state index in [0.717, 1.165) is 63.6 Å². The Morgan fingerprint density at radius 1 is 0.939 bits per heavy atom. The second-order valence-corrected chi connectivity index (χ2v) is 9.10. The van der Waals surface area contributed by atoms with Crippen LogP contribution in [-0.2, 0) is 5.54 Å². The van der Waals surface area contributed by atoms with E-state index in [1.54, 1.807) is 0 Å². The highest BCUT2D eigenvalue weighted by Crippen LogP contribution is 2.40. The number of H-pyrrole nitrogens is 1. The molecule has 0 saturated heterocycles. The maximum Gasteiger partial charge on any atom is 0.155 e. The second-order valence-electron chi connectivity index (χ2n) is 9.10. The summed E-state index contributed by atoms with van der Waals surface area (Å²) in [6.45, 7) is 3.98. The molecule has 6 heteroatoms. The molecule has 0 aliphatic heterocycles. The van der Waals surface area contributed by atoms with Gasteiger partial charge in [0.25, 0.3) is 0 Å². The predicted octanol–water partition coefficient (Wildman–Crippen LogP) is 5.41. The van der Waals surface area contributed by atoms with Gasteiger partial charge in [-0.15, -0.1) is 0 Å². The number of hydrogen-bond donors (Lipinski definition) is 2. The van der Waals surface area contributed by atoms with E-state index in [4.69, 9.17) is 15.8 Å². The molecular formula is C27H26N6. The summed E-state index contributed by atoms with van der Waals surface area (Å²) >= 11 is 0. The highest BCUT2D eigenvalue weighted by molar-refractivity contribution is 5.83. The lowest BCUT2D eigenvalue weighted by Crippen LogP contribution is -2.43. The van der Waals surface area contributed by atoms with Crippen LogP contribution in [0.5, 0.6) is 0 Å². The molecule has 5 aromatic rings. The monoisotopic (exact) mass is 434 g/mol. The summed E-state index contributed by atoms with van der Waals surface area (Å²) in [5.74, 6) is 0. The Morgan fingerprint density at radius 3 is 2.33 bits per heavy atom. The molecule has 0 atom stereocenters. The SMILES string of the molecule is Cc1cc(-c2c(C)nc3cc(-c4ccccc4)c(-c4ccc(C5(N)CCC5)cc4)nn23)[nH]n1. The van der Waals surface area contributed by atoms with Crippen LogP contribution in [0.4, 0.5) is 0 Å². The van der Waals surface area contributed by atoms with Crippen LogP contribution in [0.2, 0.25) is 0 Å². The van der Waals surface area contributed by atoms with Crippen molar-refractivity contribution in [3.63, 3.8) is 0 Å². The average Bonchev–Trinajstić information content (AvgIpc) is 3.38. The molecule has 1 fully saturated rings. The third kappa shape index (κ3) is 3.26. The van der Waals surface area contributed by atoms with Crippen LogP contribution < -0.4 is 5.73 Å². The van der Waals surface area contributed by atoms with Crippen molar-refractivity contribution in [1.82, 2.24) is 24.8 Å². The fourth-order valence-corrected chi connectivity index (χ4v) is 4.80. The topological polar surface area (TPSA) is 84.9 Å². The fourth-order valence-electron chi connectivity index (χ4n) is 4.80. The van der Waals surface area contributed by atoms with Gasteiger partial charge in [-0.1, -0.05) is 54.6 Å². The standard InChI is InChI=1S/C27H26N6/c1-17-15-23(31-30-17)26-18(2)29-24-16-22(19-7-4-3-5-8-19)25(32-33(24)26)20-9-11-21(12-10-20)27(28)13-6-14-27/h3-5,7-12,15-16H,6,13-14,28H2,1-2H3,(H,30,31). The van der Waals surface area contributed by atoms with Gasteiger partial charge < -0.3 is 5.73 Å². The molecule has 3 heterocycles. The van der Waals surface area contributed by atoms with Crippen molar-refractivity contribution in [2.24, 2.45) is 5.73 Å². The van der Waals surface area contributed by atoms with E-state index in [0.29, 0.717) is 0 Å². The lowest BCUT2D eigenvalue weighted by atomic mass is 9.72. The first-order valence-electron chi connectivity index (χ1n) is 11.4. The normalized spacial score (nSPS) is 15.0. The minimum atomic E-state index is -0.175. The van der Waals surface area contributed by atoms with Gasteiger partial charge >= 0.3 is 0 Å². The Labute approximate surface area is 192 Å². The zero-order chi connectivity index (χ0) is 22.6. The number of imidazole rings is 1. The number of nitrogens with two attached hydrogens (primary N) is 1. The molecule has 6 rings (SSSR count). The summed E-state index contributed by atoms with van der Waals surface area (Å²) in [6, 6.07) is 23.1. The van der Waals surface area contributed by atoms with Gasteiger partial charge in [0.15, 0.2) is 5.65 Å². The van der Waals surface area contributed by atoms with Gasteiger partial charge in [-0.05, 0) is 56.4 Å². The quantitative estimate of drug-likeness (QED) is 0.396. The summed E-state index contributed by atoms with van der Waals surface area (Å²) in [4.78, 5) is 4.82. The molecule has 1 saturated carbocycles. The minimum absolute atomic E-state index is 0.175. The van der Waals surface area contributed by atoms with Gasteiger partial charge in [0.2, 0.25) is 0 Å². The van der Waals surface area contributed by atoms with E-state index < -0.39 is 0 Å². The Bertz CT molecular complexity index is 1460. The highest BCUT2D eigenvalue weighted by Gasteiger charge is 2.34. The molecule has 0 spiro atoms. The molecule has 3 aromatic heterocycles. The molecule has 0 radical (unpaired) electrons. The summed E-state index contributed by atoms with van der Waals surface area (Å²) in [7, 11) is 0. The molecule has 2 aromatic carbocycles. The maximum atomic E-state index is 6.56. The summed E-state index contributed by atoms with van der Waals surface area (Å²) in [6.07, 6.45) is 3.30. The number of nitrogens with zero attached hydrogens (tertiary/aromatic N) is 4. The van der Waals surface area contributed by atoms with Crippen LogP contribution in [-0.4, -0.2) is 24.8 Å². The van der Waals surface area contributed by atoms with Crippen molar-refractivity contribution < 1.29 is 0 Å². The number of aromatic amines is 1. The first-order valence-corrected chi connectivity index (χ1v) is 11.4. The second kappa shape index (κ2) is 7.39. The number of nitrogens with one attached hydrogen (secondary N) is 1. The Hall–Kier alpha value is -3.77. The van der Waals surface area contributed by atoms with Crippen LogP contribution >= 0.6 is 0 Å². The summed E-state index contributed by atoms with van der Waals surface area (Å²) in [5, 5.41) is 12.6. The molecule has 164 valence electrons. The molecule has 33 heavy (non-hydrogen) atoms. The van der Waals surface area contributed by atoms with Crippen molar-refractivity contribution in [2.75, 3.05) is 0 Å². The van der Waals surface area contributed by atoms with Crippen LogP contribution in [0.25, 0.3) is 39.4 Å². The third-order valence-corrected chi connectivity index (χ3v) is 6.81. The fraction of sp³-hybridized carbons (Fsp3) is 0.222. The summed E-state index contributed by atoms with van der Waals surface area (Å²) in [5.41, 5.74) is 16.2. The van der Waals surface area contributed by atoms with E-state index in [1.165, 1.54) is 12.0 Å². The van der Waals surface area contributed by atoms with Gasteiger partial charge in [-0.25, -0.2) is 9.50 Å². The largest absolute Gasteiger partial charge is 0.321 e. The molecule has 0 amide bonds. The minimum Gasteiger partial charge on any atom is -0.321 e. The number of hydrogen-bond acceptors (Lipinski definition) is 4. The van der Waals surface area contributed by atoms with Crippen molar-refractivity contribution in [1.29, 1.82) is 0 Å². The van der Waals surface area contributed by atoms with Crippen molar-refractivity contribution in [3.05, 3.63) is 83.7 Å². The van der Waals surface area contributed by atoms with Crippen molar-refractivity contribution in [2.45, 2.75) is 38.6 Å². The lowest BCUT2D eigenvalue weighted by molar-refractivity contribution is 0.253. The van der Waals surface area contributed by atoms with Crippen LogP contribution in [0.15, 0.2) is 66.7 Å². The van der Waals surface area contributed by atoms with Gasteiger partial charge in [0, 0.05) is 16.7 Å². The van der Waals surface area contributed by atoms with E-state index in [1.807, 2.05) is 30.5 Å². The highest BCUT2D eigenvalue weighted by atomic mass is 15.3. The van der Waals surface area contributed by atoms with Crippen LogP contribution in [0.1, 0.15) is 36.2 Å². The molecule has 1 aliphatic rings. The van der Waals surface area contributed by atoms with Gasteiger partial charge in [0.05, 0.1) is 22.8 Å². The Morgan fingerprint density at radius 2 is 1.70 bits per heavy atom. The van der Waals surface area contributed by atoms with E-state index >= 15 is 0 Å². The van der Waals surface area contributed by atoms with Crippen LogP contribution in [0.3, 0.4) is 0 Å².